The summed E-state index contributed by atoms with van der Waals surface area (Å²) < 4.78 is 31.4. The Hall–Kier alpha value is -2.63. The van der Waals surface area contributed by atoms with Crippen LogP contribution in [0.25, 0.3) is 0 Å². The average Bonchev–Trinajstić information content (AvgIpc) is 2.52. The number of hydrogen-bond donors (Lipinski definition) is 6. The van der Waals surface area contributed by atoms with E-state index in [1.54, 1.807) is 6.26 Å². The molecule has 0 aliphatic heterocycles. The van der Waals surface area contributed by atoms with E-state index >= 15 is 0 Å². The van der Waals surface area contributed by atoms with Crippen LogP contribution in [0.4, 0.5) is 0 Å². The molecule has 0 amide bonds. The molecule has 2 aromatic carbocycles. The molecule has 0 heterocycles. The van der Waals surface area contributed by atoms with Gasteiger partial charge >= 0.3 is 5.97 Å². The minimum Gasteiger partial charge on any atom is -0.508 e. The molecular formula is C15H14O9S2. The molecule has 26 heavy (non-hydrogen) atoms. The maximum atomic E-state index is 11.2. The first-order chi connectivity index (χ1) is 12.0. The van der Waals surface area contributed by atoms with Crippen LogP contribution in [0.1, 0.15) is 26.7 Å². The van der Waals surface area contributed by atoms with Gasteiger partial charge in [-0.1, -0.05) is 0 Å². The van der Waals surface area contributed by atoms with Crippen molar-refractivity contribution in [2.75, 3.05) is 6.26 Å². The third kappa shape index (κ3) is 3.64. The van der Waals surface area contributed by atoms with Gasteiger partial charge in [0, 0.05) is 17.2 Å². The van der Waals surface area contributed by atoms with Crippen LogP contribution in [0.3, 0.4) is 0 Å². The Labute approximate surface area is 151 Å². The minimum absolute atomic E-state index is 0.0698. The predicted molar refractivity (Wildman–Crippen MR) is 91.7 cm³/mol. The number of aromatic hydroxyl groups is 4. The van der Waals surface area contributed by atoms with E-state index in [0.29, 0.717) is 6.07 Å². The van der Waals surface area contributed by atoms with Crippen molar-refractivity contribution < 1.29 is 43.3 Å². The zero-order valence-corrected chi connectivity index (χ0v) is 14.7. The second-order valence-electron chi connectivity index (χ2n) is 5.21. The fourth-order valence-electron chi connectivity index (χ4n) is 2.42. The van der Waals surface area contributed by atoms with Gasteiger partial charge in [0.05, 0.1) is 5.25 Å². The molecule has 0 spiro atoms. The smallest absolute Gasteiger partial charge is 0.339 e. The number of phenolic OH excluding ortho intramolecular Hbond substituents is 3. The van der Waals surface area contributed by atoms with Crippen LogP contribution in [-0.2, 0) is 10.1 Å². The summed E-state index contributed by atoms with van der Waals surface area (Å²) in [5.74, 6) is -4.08. The van der Waals surface area contributed by atoms with Crippen molar-refractivity contribution in [2.45, 2.75) is 10.1 Å². The number of carbonyl (C=O) groups is 1. The van der Waals surface area contributed by atoms with Crippen LogP contribution in [0.5, 0.6) is 23.0 Å². The highest BCUT2D eigenvalue weighted by Gasteiger charge is 2.27. The summed E-state index contributed by atoms with van der Waals surface area (Å²) in [5.41, 5.74) is -0.721. The molecule has 0 aliphatic carbocycles. The summed E-state index contributed by atoms with van der Waals surface area (Å²) in [6.07, 6.45) is 1.54. The van der Waals surface area contributed by atoms with E-state index in [1.807, 2.05) is 0 Å². The number of phenols is 4. The molecule has 2 aromatic rings. The monoisotopic (exact) mass is 402 g/mol. The number of benzene rings is 2. The Kier molecular flexibility index (Phi) is 5.26. The summed E-state index contributed by atoms with van der Waals surface area (Å²) in [7, 11) is -4.79. The molecule has 0 radical (unpaired) electrons. The van der Waals surface area contributed by atoms with Gasteiger partial charge in [-0.05, 0) is 24.5 Å². The summed E-state index contributed by atoms with van der Waals surface area (Å²) in [6.45, 7) is 0. The molecule has 2 rings (SSSR count). The largest absolute Gasteiger partial charge is 0.508 e. The zero-order chi connectivity index (χ0) is 19.8. The maximum absolute atomic E-state index is 11.2. The van der Waals surface area contributed by atoms with E-state index in [2.05, 4.69) is 0 Å². The lowest BCUT2D eigenvalue weighted by Crippen LogP contribution is -2.04. The summed E-state index contributed by atoms with van der Waals surface area (Å²) in [4.78, 5) is 10.3. The molecule has 6 N–H and O–H groups in total. The Morgan fingerprint density at radius 3 is 2.12 bits per heavy atom. The highest BCUT2D eigenvalue weighted by Crippen LogP contribution is 2.46. The van der Waals surface area contributed by atoms with E-state index in [-0.39, 0.29) is 11.1 Å². The molecular weight excluding hydrogens is 388 g/mol. The average molecular weight is 402 g/mol. The molecule has 0 saturated carbocycles. The molecule has 0 aromatic heterocycles. The Bertz CT molecular complexity index is 983. The van der Waals surface area contributed by atoms with Crippen molar-refractivity contribution in [3.8, 4) is 23.0 Å². The van der Waals surface area contributed by atoms with Crippen LogP contribution >= 0.6 is 11.8 Å². The quantitative estimate of drug-likeness (QED) is 0.320. The van der Waals surface area contributed by atoms with Crippen LogP contribution in [-0.4, -0.2) is 50.7 Å². The summed E-state index contributed by atoms with van der Waals surface area (Å²) >= 11 is 1.01. The van der Waals surface area contributed by atoms with E-state index in [1.165, 1.54) is 0 Å². The standard InChI is InChI=1S/C15H14O9S2/c1-25-14(8-2-6(16)3-9(13(8)19)15(20)21)7-4-11(18)12(5-10(7)17)26(22,23)24/h2-5,14,16-19H,1H3,(H,20,21)(H,22,23,24). The molecule has 0 aliphatic rings. The van der Waals surface area contributed by atoms with Crippen molar-refractivity contribution in [2.24, 2.45) is 0 Å². The maximum Gasteiger partial charge on any atom is 0.339 e. The third-order valence-corrected chi connectivity index (χ3v) is 5.40. The summed E-state index contributed by atoms with van der Waals surface area (Å²) in [5, 5.41) is 48.0. The number of carboxylic acids is 1. The minimum atomic E-state index is -4.79. The van der Waals surface area contributed by atoms with Crippen molar-refractivity contribution in [1.29, 1.82) is 0 Å². The van der Waals surface area contributed by atoms with E-state index in [9.17, 15) is 33.6 Å². The Morgan fingerprint density at radius 1 is 1.00 bits per heavy atom. The van der Waals surface area contributed by atoms with Crippen molar-refractivity contribution >= 4 is 27.8 Å². The second-order valence-corrected chi connectivity index (χ2v) is 7.54. The van der Waals surface area contributed by atoms with E-state index in [4.69, 9.17) is 9.66 Å². The Morgan fingerprint density at radius 2 is 1.62 bits per heavy atom. The molecule has 9 nitrogen and oxygen atoms in total. The normalized spacial score (nSPS) is 12.7. The Balaban J connectivity index is 2.71. The predicted octanol–water partition coefficient (Wildman–Crippen LogP) is 1.91. The van der Waals surface area contributed by atoms with Gasteiger partial charge < -0.3 is 25.5 Å². The first-order valence-corrected chi connectivity index (χ1v) is 9.55. The third-order valence-electron chi connectivity index (χ3n) is 3.54. The molecule has 0 fully saturated rings. The highest BCUT2D eigenvalue weighted by atomic mass is 32.2. The van der Waals surface area contributed by atoms with Crippen LogP contribution < -0.4 is 0 Å². The molecule has 140 valence electrons. The molecule has 1 atom stereocenters. The highest BCUT2D eigenvalue weighted by molar-refractivity contribution is 7.99. The van der Waals surface area contributed by atoms with Gasteiger partial charge in [0.15, 0.2) is 0 Å². The number of hydrogen-bond acceptors (Lipinski definition) is 8. The van der Waals surface area contributed by atoms with Crippen molar-refractivity contribution in [3.63, 3.8) is 0 Å². The van der Waals surface area contributed by atoms with Gasteiger partial charge in [-0.15, -0.1) is 0 Å². The SMILES string of the molecule is CSC(c1cc(O)c(S(=O)(=O)O)cc1O)c1cc(O)cc(C(=O)O)c1O. The van der Waals surface area contributed by atoms with Gasteiger partial charge in [0.1, 0.15) is 33.5 Å². The first kappa shape index (κ1) is 19.7. The molecule has 11 heteroatoms. The number of carboxylic acid groups (broad SMARTS) is 1. The van der Waals surface area contributed by atoms with Gasteiger partial charge in [0.25, 0.3) is 10.1 Å². The molecule has 0 bridgehead atoms. The van der Waals surface area contributed by atoms with Crippen molar-refractivity contribution in [3.05, 3.63) is 41.0 Å². The number of thioether (sulfide) groups is 1. The lowest BCUT2D eigenvalue weighted by molar-refractivity contribution is 0.0693. The topological polar surface area (TPSA) is 173 Å². The molecule has 0 saturated heterocycles. The van der Waals surface area contributed by atoms with Crippen LogP contribution in [0.2, 0.25) is 0 Å². The van der Waals surface area contributed by atoms with Crippen LogP contribution in [0, 0.1) is 0 Å². The molecule has 1 unspecified atom stereocenters. The van der Waals surface area contributed by atoms with Gasteiger partial charge in [-0.3, -0.25) is 4.55 Å². The van der Waals surface area contributed by atoms with Gasteiger partial charge in [-0.2, -0.15) is 20.2 Å². The summed E-state index contributed by atoms with van der Waals surface area (Å²) in [6, 6.07) is 3.41. The van der Waals surface area contributed by atoms with E-state index < -0.39 is 54.8 Å². The lowest BCUT2D eigenvalue weighted by atomic mass is 9.99. The van der Waals surface area contributed by atoms with Crippen molar-refractivity contribution in [1.82, 2.24) is 0 Å². The fraction of sp³-hybridized carbons (Fsp3) is 0.133. The van der Waals surface area contributed by atoms with Crippen LogP contribution in [0.15, 0.2) is 29.2 Å². The zero-order valence-electron chi connectivity index (χ0n) is 13.1. The van der Waals surface area contributed by atoms with Gasteiger partial charge in [-0.25, -0.2) is 4.79 Å². The van der Waals surface area contributed by atoms with Gasteiger partial charge in [0.2, 0.25) is 0 Å². The number of rotatable bonds is 5. The lowest BCUT2D eigenvalue weighted by Gasteiger charge is -2.20. The fourth-order valence-corrected chi connectivity index (χ4v) is 3.88. The van der Waals surface area contributed by atoms with E-state index in [0.717, 1.165) is 30.0 Å². The second kappa shape index (κ2) is 6.94. The number of aromatic carboxylic acids is 1. The first-order valence-electron chi connectivity index (χ1n) is 6.82.